The van der Waals surface area contributed by atoms with E-state index in [0.717, 1.165) is 16.4 Å². The first-order valence-electron chi connectivity index (χ1n) is 12.2. The van der Waals surface area contributed by atoms with Gasteiger partial charge in [-0.05, 0) is 62.7 Å². The lowest BCUT2D eigenvalue weighted by molar-refractivity contribution is -0.384. The molecule has 13 heteroatoms. The highest BCUT2D eigenvalue weighted by Crippen LogP contribution is 2.27. The number of carbonyl (C=O) groups excluding carboxylic acids is 2. The lowest BCUT2D eigenvalue weighted by atomic mass is 10.1. The zero-order valence-electron chi connectivity index (χ0n) is 22.0. The Morgan fingerprint density at radius 1 is 0.950 bits per heavy atom. The second-order valence-electron chi connectivity index (χ2n) is 9.21. The van der Waals surface area contributed by atoms with Gasteiger partial charge in [0.2, 0.25) is 11.8 Å². The highest BCUT2D eigenvalue weighted by atomic mass is 35.5. The van der Waals surface area contributed by atoms with E-state index in [9.17, 15) is 28.1 Å². The molecule has 0 unspecified atom stereocenters. The number of nitro groups is 1. The molecule has 0 heterocycles. The second-order valence-corrected chi connectivity index (χ2v) is 11.9. The molecule has 0 spiro atoms. The smallest absolute Gasteiger partial charge is 0.269 e. The molecule has 1 atom stereocenters. The van der Waals surface area contributed by atoms with Gasteiger partial charge in [0.25, 0.3) is 15.7 Å². The van der Waals surface area contributed by atoms with Crippen molar-refractivity contribution < 1.29 is 22.9 Å². The Kier molecular flexibility index (Phi) is 10.1. The number of amides is 2. The van der Waals surface area contributed by atoms with Gasteiger partial charge in [-0.2, -0.15) is 0 Å². The van der Waals surface area contributed by atoms with E-state index in [4.69, 9.17) is 23.2 Å². The van der Waals surface area contributed by atoms with E-state index >= 15 is 0 Å². The van der Waals surface area contributed by atoms with E-state index in [0.29, 0.717) is 10.6 Å². The Hall–Kier alpha value is -3.67. The highest BCUT2D eigenvalue weighted by molar-refractivity contribution is 7.92. The molecule has 0 saturated heterocycles. The molecule has 3 aromatic rings. The lowest BCUT2D eigenvalue weighted by Crippen LogP contribution is -2.52. The molecule has 3 rings (SSSR count). The Morgan fingerprint density at radius 2 is 1.57 bits per heavy atom. The highest BCUT2D eigenvalue weighted by Gasteiger charge is 2.33. The number of non-ortho nitro benzene ring substituents is 1. The minimum absolute atomic E-state index is 0.0385. The maximum Gasteiger partial charge on any atom is 0.269 e. The minimum atomic E-state index is -4.29. The normalized spacial score (nSPS) is 12.1. The molecule has 0 aliphatic rings. The molecular weight excluding hydrogens is 579 g/mol. The van der Waals surface area contributed by atoms with Crippen molar-refractivity contribution >= 4 is 56.4 Å². The molecule has 0 aliphatic heterocycles. The van der Waals surface area contributed by atoms with Gasteiger partial charge in [0.05, 0.1) is 25.6 Å². The second kappa shape index (κ2) is 13.1. The van der Waals surface area contributed by atoms with Crippen LogP contribution in [0.4, 0.5) is 11.4 Å². The van der Waals surface area contributed by atoms with Crippen molar-refractivity contribution in [3.8, 4) is 0 Å². The summed E-state index contributed by atoms with van der Waals surface area (Å²) in [7, 11) is -4.29. The maximum atomic E-state index is 13.8. The van der Waals surface area contributed by atoms with E-state index in [-0.39, 0.29) is 33.9 Å². The first kappa shape index (κ1) is 30.9. The van der Waals surface area contributed by atoms with Crippen LogP contribution in [0.2, 0.25) is 10.0 Å². The minimum Gasteiger partial charge on any atom is -0.352 e. The average Bonchev–Trinajstić information content (AvgIpc) is 2.91. The summed E-state index contributed by atoms with van der Waals surface area (Å²) in [6, 6.07) is 15.9. The zero-order valence-corrected chi connectivity index (χ0v) is 24.3. The van der Waals surface area contributed by atoms with Gasteiger partial charge in [0.1, 0.15) is 12.6 Å². The monoisotopic (exact) mass is 606 g/mol. The van der Waals surface area contributed by atoms with Crippen LogP contribution >= 0.6 is 23.2 Å². The van der Waals surface area contributed by atoms with Crippen molar-refractivity contribution in [2.75, 3.05) is 10.8 Å². The standard InChI is InChI=1S/C27H28Cl2N4O6S/c1-18(2)30-27(35)19(3)31(16-20-9-14-24(28)25(29)15-20)26(34)17-32(21-10-12-22(13-11-21)33(36)37)40(38,39)23-7-5-4-6-8-23/h4-15,18-19H,16-17H2,1-3H3,(H,30,35)/t19-/m1/s1. The number of nitrogens with zero attached hydrogens (tertiary/aromatic N) is 3. The fourth-order valence-electron chi connectivity index (χ4n) is 3.81. The SMILES string of the molecule is CC(C)NC(=O)[C@@H](C)N(Cc1ccc(Cl)c(Cl)c1)C(=O)CN(c1ccc([N+](=O)[O-])cc1)S(=O)(=O)c1ccccc1. The summed E-state index contributed by atoms with van der Waals surface area (Å²) in [5.41, 5.74) is 0.365. The van der Waals surface area contributed by atoms with Crippen LogP contribution in [0.15, 0.2) is 77.7 Å². The van der Waals surface area contributed by atoms with Gasteiger partial charge in [0, 0.05) is 24.7 Å². The maximum absolute atomic E-state index is 13.8. The molecule has 40 heavy (non-hydrogen) atoms. The van der Waals surface area contributed by atoms with Gasteiger partial charge in [-0.25, -0.2) is 8.42 Å². The average molecular weight is 608 g/mol. The number of rotatable bonds is 11. The summed E-state index contributed by atoms with van der Waals surface area (Å²) in [5.74, 6) is -1.12. The molecule has 0 bridgehead atoms. The fourth-order valence-corrected chi connectivity index (χ4v) is 5.57. The summed E-state index contributed by atoms with van der Waals surface area (Å²) in [6.45, 7) is 4.34. The van der Waals surface area contributed by atoms with Crippen LogP contribution in [0.1, 0.15) is 26.3 Å². The van der Waals surface area contributed by atoms with E-state index in [1.807, 2.05) is 0 Å². The fraction of sp³-hybridized carbons (Fsp3) is 0.259. The van der Waals surface area contributed by atoms with Gasteiger partial charge >= 0.3 is 0 Å². The number of sulfonamides is 1. The molecule has 1 N–H and O–H groups in total. The van der Waals surface area contributed by atoms with Crippen LogP contribution in [0.25, 0.3) is 0 Å². The van der Waals surface area contributed by atoms with Gasteiger partial charge in [-0.15, -0.1) is 0 Å². The molecule has 2 amide bonds. The molecule has 212 valence electrons. The Morgan fingerprint density at radius 3 is 2.12 bits per heavy atom. The van der Waals surface area contributed by atoms with Gasteiger partial charge in [0.15, 0.2) is 0 Å². The molecule has 10 nitrogen and oxygen atoms in total. The van der Waals surface area contributed by atoms with Crippen LogP contribution in [0, 0.1) is 10.1 Å². The number of hydrogen-bond donors (Lipinski definition) is 1. The third-order valence-electron chi connectivity index (χ3n) is 5.89. The third kappa shape index (κ3) is 7.50. The number of hydrogen-bond acceptors (Lipinski definition) is 6. The van der Waals surface area contributed by atoms with Crippen LogP contribution in [0.5, 0.6) is 0 Å². The van der Waals surface area contributed by atoms with Gasteiger partial charge in [-0.1, -0.05) is 47.5 Å². The first-order valence-corrected chi connectivity index (χ1v) is 14.4. The Balaban J connectivity index is 2.05. The number of anilines is 1. The van der Waals surface area contributed by atoms with Crippen LogP contribution in [-0.2, 0) is 26.2 Å². The summed E-state index contributed by atoms with van der Waals surface area (Å²) in [4.78, 5) is 38.5. The van der Waals surface area contributed by atoms with Gasteiger partial charge in [-0.3, -0.25) is 24.0 Å². The molecule has 0 saturated carbocycles. The topological polar surface area (TPSA) is 130 Å². The summed E-state index contributed by atoms with van der Waals surface area (Å²) in [5, 5.41) is 14.5. The lowest BCUT2D eigenvalue weighted by Gasteiger charge is -2.32. The van der Waals surface area contributed by atoms with Crippen LogP contribution in [-0.4, -0.2) is 48.7 Å². The molecule has 0 radical (unpaired) electrons. The summed E-state index contributed by atoms with van der Waals surface area (Å²) < 4.78 is 28.3. The van der Waals surface area contributed by atoms with E-state index in [2.05, 4.69) is 5.32 Å². The Bertz CT molecular complexity index is 1480. The van der Waals surface area contributed by atoms with Crippen LogP contribution < -0.4 is 9.62 Å². The number of benzene rings is 3. The summed E-state index contributed by atoms with van der Waals surface area (Å²) in [6.07, 6.45) is 0. The van der Waals surface area contributed by atoms with E-state index < -0.39 is 39.3 Å². The number of carbonyl (C=O) groups is 2. The molecule has 0 aliphatic carbocycles. The first-order chi connectivity index (χ1) is 18.8. The van der Waals surface area contributed by atoms with Crippen molar-refractivity contribution in [3.05, 3.63) is 98.5 Å². The third-order valence-corrected chi connectivity index (χ3v) is 8.42. The van der Waals surface area contributed by atoms with Crippen molar-refractivity contribution in [2.24, 2.45) is 0 Å². The van der Waals surface area contributed by atoms with Crippen molar-refractivity contribution in [1.29, 1.82) is 0 Å². The van der Waals surface area contributed by atoms with Gasteiger partial charge < -0.3 is 10.2 Å². The molecule has 3 aromatic carbocycles. The Labute approximate surface area is 242 Å². The predicted octanol–water partition coefficient (Wildman–Crippen LogP) is 5.04. The van der Waals surface area contributed by atoms with Crippen LogP contribution in [0.3, 0.4) is 0 Å². The zero-order chi connectivity index (χ0) is 29.6. The van der Waals surface area contributed by atoms with E-state index in [1.165, 1.54) is 48.2 Å². The molecular formula is C27H28Cl2N4O6S. The predicted molar refractivity (Wildman–Crippen MR) is 154 cm³/mol. The molecule has 0 fully saturated rings. The number of halogens is 2. The quantitative estimate of drug-likeness (QED) is 0.240. The number of nitro benzene ring substituents is 1. The van der Waals surface area contributed by atoms with E-state index in [1.54, 1.807) is 38.1 Å². The largest absolute Gasteiger partial charge is 0.352 e. The summed E-state index contributed by atoms with van der Waals surface area (Å²) >= 11 is 12.2. The molecule has 0 aromatic heterocycles. The number of nitrogens with one attached hydrogen (secondary N) is 1. The van der Waals surface area contributed by atoms with Crippen molar-refractivity contribution in [1.82, 2.24) is 10.2 Å². The van der Waals surface area contributed by atoms with Crippen molar-refractivity contribution in [3.63, 3.8) is 0 Å². The van der Waals surface area contributed by atoms with Crippen molar-refractivity contribution in [2.45, 2.75) is 44.3 Å².